The molecular weight excluding hydrogens is 342 g/mol. The fourth-order valence-corrected chi connectivity index (χ4v) is 4.05. The van der Waals surface area contributed by atoms with Gasteiger partial charge in [-0.1, -0.05) is 25.7 Å². The number of rotatable bonds is 5. The lowest BCUT2D eigenvalue weighted by Gasteiger charge is -2.29. The van der Waals surface area contributed by atoms with Crippen molar-refractivity contribution in [3.63, 3.8) is 0 Å². The van der Waals surface area contributed by atoms with E-state index in [0.29, 0.717) is 23.1 Å². The molecule has 2 aromatic heterocycles. The van der Waals surface area contributed by atoms with Crippen molar-refractivity contribution in [1.29, 1.82) is 0 Å². The molecule has 0 atom stereocenters. The smallest absolute Gasteiger partial charge is 0.329 e. The predicted molar refractivity (Wildman–Crippen MR) is 94.7 cm³/mol. The number of carbonyl (C=O) groups is 2. The highest BCUT2D eigenvalue weighted by Crippen LogP contribution is 2.27. The van der Waals surface area contributed by atoms with Crippen molar-refractivity contribution < 1.29 is 14.7 Å². The highest BCUT2D eigenvalue weighted by molar-refractivity contribution is 7.16. The van der Waals surface area contributed by atoms with Crippen LogP contribution in [0, 0.1) is 0 Å². The van der Waals surface area contributed by atoms with E-state index in [0.717, 1.165) is 25.7 Å². The third-order valence-corrected chi connectivity index (χ3v) is 5.60. The highest BCUT2D eigenvalue weighted by atomic mass is 32.1. The lowest BCUT2D eigenvalue weighted by Crippen LogP contribution is -2.54. The summed E-state index contributed by atoms with van der Waals surface area (Å²) in [5.41, 5.74) is -1.35. The lowest BCUT2D eigenvalue weighted by atomic mass is 9.90. The van der Waals surface area contributed by atoms with Crippen molar-refractivity contribution in [3.8, 4) is 0 Å². The summed E-state index contributed by atoms with van der Waals surface area (Å²) in [6.45, 7) is 0.180. The van der Waals surface area contributed by atoms with E-state index < -0.39 is 11.5 Å². The van der Waals surface area contributed by atoms with E-state index in [1.54, 1.807) is 11.4 Å². The zero-order valence-corrected chi connectivity index (χ0v) is 14.7. The molecule has 3 rings (SSSR count). The quantitative estimate of drug-likeness (QED) is 0.793. The molecule has 0 aliphatic heterocycles. The van der Waals surface area contributed by atoms with Gasteiger partial charge in [0.25, 0.3) is 5.56 Å². The fourth-order valence-electron chi connectivity index (χ4n) is 3.33. The van der Waals surface area contributed by atoms with Gasteiger partial charge in [0.15, 0.2) is 0 Å². The van der Waals surface area contributed by atoms with Crippen LogP contribution >= 0.6 is 11.3 Å². The van der Waals surface area contributed by atoms with E-state index in [4.69, 9.17) is 0 Å². The van der Waals surface area contributed by atoms with Crippen molar-refractivity contribution >= 4 is 33.4 Å². The fraction of sp³-hybridized carbons (Fsp3) is 0.529. The van der Waals surface area contributed by atoms with Crippen molar-refractivity contribution in [2.45, 2.75) is 57.0 Å². The number of amides is 1. The van der Waals surface area contributed by atoms with E-state index >= 15 is 0 Å². The maximum absolute atomic E-state index is 12.3. The largest absolute Gasteiger partial charge is 0.480 e. The van der Waals surface area contributed by atoms with Gasteiger partial charge in [0.1, 0.15) is 10.4 Å². The zero-order chi connectivity index (χ0) is 17.9. The second-order valence-corrected chi connectivity index (χ2v) is 7.38. The minimum Gasteiger partial charge on any atom is -0.480 e. The van der Waals surface area contributed by atoms with Crippen LogP contribution in [0.15, 0.2) is 22.6 Å². The number of nitrogens with zero attached hydrogens (tertiary/aromatic N) is 2. The third-order valence-electron chi connectivity index (χ3n) is 4.78. The van der Waals surface area contributed by atoms with Crippen molar-refractivity contribution in [2.75, 3.05) is 0 Å². The topological polar surface area (TPSA) is 101 Å². The molecule has 25 heavy (non-hydrogen) atoms. The maximum Gasteiger partial charge on any atom is 0.329 e. The number of aryl methyl sites for hydroxylation is 1. The Morgan fingerprint density at radius 1 is 1.28 bits per heavy atom. The van der Waals surface area contributed by atoms with Gasteiger partial charge in [-0.25, -0.2) is 9.78 Å². The number of fused-ring (bicyclic) bond motifs is 1. The van der Waals surface area contributed by atoms with Crippen molar-refractivity contribution in [3.05, 3.63) is 28.1 Å². The molecule has 1 fully saturated rings. The first-order valence-corrected chi connectivity index (χ1v) is 9.37. The van der Waals surface area contributed by atoms with Crippen LogP contribution in [0.3, 0.4) is 0 Å². The minimum absolute atomic E-state index is 0.0479. The Kier molecular flexibility index (Phi) is 5.17. The van der Waals surface area contributed by atoms with E-state index in [1.165, 1.54) is 22.2 Å². The molecule has 0 bridgehead atoms. The number of hydrogen-bond donors (Lipinski definition) is 2. The molecule has 134 valence electrons. The molecule has 0 saturated heterocycles. The van der Waals surface area contributed by atoms with Gasteiger partial charge in [-0.15, -0.1) is 11.3 Å². The number of hydrogen-bond acceptors (Lipinski definition) is 5. The van der Waals surface area contributed by atoms with Crippen LogP contribution in [0.2, 0.25) is 0 Å². The third kappa shape index (κ3) is 3.73. The van der Waals surface area contributed by atoms with E-state index in [9.17, 15) is 19.5 Å². The summed E-state index contributed by atoms with van der Waals surface area (Å²) >= 11 is 1.39. The van der Waals surface area contributed by atoms with Crippen molar-refractivity contribution in [2.24, 2.45) is 0 Å². The molecule has 7 nitrogen and oxygen atoms in total. The summed E-state index contributed by atoms with van der Waals surface area (Å²) in [4.78, 5) is 41.2. The van der Waals surface area contributed by atoms with E-state index in [1.807, 2.05) is 0 Å². The van der Waals surface area contributed by atoms with Crippen LogP contribution in [0.1, 0.15) is 44.9 Å². The summed E-state index contributed by atoms with van der Waals surface area (Å²) in [5, 5.41) is 14.7. The number of nitrogens with one attached hydrogen (secondary N) is 1. The molecule has 1 aliphatic carbocycles. The highest BCUT2D eigenvalue weighted by Gasteiger charge is 2.39. The molecule has 2 heterocycles. The first-order chi connectivity index (χ1) is 12.0. The van der Waals surface area contributed by atoms with E-state index in [-0.39, 0.29) is 24.4 Å². The normalized spacial score (nSPS) is 17.1. The number of thiophene rings is 1. The number of aromatic nitrogens is 2. The molecule has 1 aliphatic rings. The molecule has 2 N–H and O–H groups in total. The van der Waals surface area contributed by atoms with Gasteiger partial charge < -0.3 is 10.4 Å². The number of carboxylic acids is 1. The van der Waals surface area contributed by atoms with Crippen LogP contribution in [-0.4, -0.2) is 32.1 Å². The van der Waals surface area contributed by atoms with Crippen LogP contribution in [-0.2, 0) is 16.1 Å². The summed E-state index contributed by atoms with van der Waals surface area (Å²) < 4.78 is 1.40. The monoisotopic (exact) mass is 363 g/mol. The van der Waals surface area contributed by atoms with Crippen LogP contribution in [0.4, 0.5) is 0 Å². The van der Waals surface area contributed by atoms with Gasteiger partial charge in [0.05, 0.1) is 11.7 Å². The van der Waals surface area contributed by atoms with E-state index in [2.05, 4.69) is 10.3 Å². The second kappa shape index (κ2) is 7.35. The molecule has 1 amide bonds. The Morgan fingerprint density at radius 3 is 2.68 bits per heavy atom. The standard InChI is InChI=1S/C17H21N3O4S/c21-13(19-17(16(23)24)7-3-1-2-4-8-17)5-9-20-11-18-14-12(15(20)22)6-10-25-14/h6,10-11H,1-5,7-9H2,(H,19,21)(H,23,24). The lowest BCUT2D eigenvalue weighted by molar-refractivity contribution is -0.148. The summed E-state index contributed by atoms with van der Waals surface area (Å²) in [6, 6.07) is 1.72. The first-order valence-electron chi connectivity index (χ1n) is 8.49. The molecule has 0 spiro atoms. The maximum atomic E-state index is 12.3. The Balaban J connectivity index is 1.67. The molecule has 0 unspecified atom stereocenters. The molecular formula is C17H21N3O4S. The summed E-state index contributed by atoms with van der Waals surface area (Å²) in [5.74, 6) is -1.32. The van der Waals surface area contributed by atoms with Gasteiger partial charge in [0, 0.05) is 13.0 Å². The molecule has 0 radical (unpaired) electrons. The first kappa shape index (κ1) is 17.6. The van der Waals surface area contributed by atoms with Gasteiger partial charge in [-0.05, 0) is 24.3 Å². The average molecular weight is 363 g/mol. The van der Waals surface area contributed by atoms with Gasteiger partial charge in [-0.3, -0.25) is 14.2 Å². The number of aliphatic carboxylic acids is 1. The minimum atomic E-state index is -1.17. The Hall–Kier alpha value is -2.22. The SMILES string of the molecule is O=C(CCn1cnc2sccc2c1=O)NC1(C(=O)O)CCCCCC1. The summed E-state index contributed by atoms with van der Waals surface area (Å²) in [7, 11) is 0. The van der Waals surface area contributed by atoms with Crippen LogP contribution in [0.5, 0.6) is 0 Å². The molecule has 8 heteroatoms. The van der Waals surface area contributed by atoms with Crippen LogP contribution < -0.4 is 10.9 Å². The average Bonchev–Trinajstić information content (AvgIpc) is 2.94. The molecule has 2 aromatic rings. The van der Waals surface area contributed by atoms with Gasteiger partial charge in [0.2, 0.25) is 5.91 Å². The Labute approximate surface area is 148 Å². The zero-order valence-electron chi connectivity index (χ0n) is 13.9. The number of carboxylic acid groups (broad SMARTS) is 1. The molecule has 0 aromatic carbocycles. The Bertz CT molecular complexity index is 834. The van der Waals surface area contributed by atoms with Crippen LogP contribution in [0.25, 0.3) is 10.2 Å². The number of carbonyl (C=O) groups excluding carboxylic acids is 1. The second-order valence-electron chi connectivity index (χ2n) is 6.48. The predicted octanol–water partition coefficient (Wildman–Crippen LogP) is 2.14. The van der Waals surface area contributed by atoms with Gasteiger partial charge >= 0.3 is 5.97 Å². The summed E-state index contributed by atoms with van der Waals surface area (Å²) in [6.07, 6.45) is 5.97. The molecule has 1 saturated carbocycles. The van der Waals surface area contributed by atoms with Gasteiger partial charge in [-0.2, -0.15) is 0 Å². The van der Waals surface area contributed by atoms with Crippen molar-refractivity contribution in [1.82, 2.24) is 14.9 Å². The Morgan fingerprint density at radius 2 is 2.00 bits per heavy atom.